The van der Waals surface area contributed by atoms with Crippen LogP contribution in [0.1, 0.15) is 55.0 Å². The number of hydrogen-bond acceptors (Lipinski definition) is 5. The summed E-state index contributed by atoms with van der Waals surface area (Å²) in [7, 11) is 0. The van der Waals surface area contributed by atoms with Gasteiger partial charge in [-0.15, -0.1) is 0 Å². The zero-order valence-corrected chi connectivity index (χ0v) is 14.8. The number of rotatable bonds is 5. The minimum Gasteiger partial charge on any atom is -0.475 e. The van der Waals surface area contributed by atoms with Crippen LogP contribution in [0.2, 0.25) is 0 Å². The fraction of sp³-hybridized carbons (Fsp3) is 0.684. The van der Waals surface area contributed by atoms with Crippen LogP contribution in [0.3, 0.4) is 0 Å². The molecule has 0 aromatic carbocycles. The lowest BCUT2D eigenvalue weighted by molar-refractivity contribution is 0.0319. The van der Waals surface area contributed by atoms with Crippen molar-refractivity contribution < 1.29 is 9.47 Å². The van der Waals surface area contributed by atoms with Crippen LogP contribution in [0.25, 0.3) is 0 Å². The summed E-state index contributed by atoms with van der Waals surface area (Å²) in [6.07, 6.45) is 4.35. The van der Waals surface area contributed by atoms with Gasteiger partial charge in [0.1, 0.15) is 18.2 Å². The third kappa shape index (κ3) is 3.71. The molecule has 0 unspecified atom stereocenters. The molecule has 0 amide bonds. The van der Waals surface area contributed by atoms with E-state index in [0.717, 1.165) is 57.8 Å². The molecule has 2 aliphatic rings. The molecule has 1 aliphatic heterocycles. The molecular formula is C19H27N3O2. The number of morpholine rings is 1. The predicted molar refractivity (Wildman–Crippen MR) is 92.4 cm³/mol. The maximum Gasteiger partial charge on any atom is 0.232 e. The second-order valence-corrected chi connectivity index (χ2v) is 6.91. The second-order valence-electron chi connectivity index (χ2n) is 6.91. The lowest BCUT2D eigenvalue weighted by atomic mass is 9.85. The minimum absolute atomic E-state index is 0.353. The van der Waals surface area contributed by atoms with Gasteiger partial charge >= 0.3 is 0 Å². The molecule has 0 bridgehead atoms. The van der Waals surface area contributed by atoms with E-state index in [9.17, 15) is 5.26 Å². The Morgan fingerprint density at radius 1 is 1.21 bits per heavy atom. The maximum absolute atomic E-state index is 9.66. The standard InChI is InChI=1S/C19H27N3O2/c1-14(2)18-16-6-4-3-5-15(16)17(13-20)19(21-18)24-12-9-22-7-10-23-11-8-22/h14H,3-12H2,1-2H3. The number of ether oxygens (including phenoxy) is 2. The number of hydrogen-bond donors (Lipinski definition) is 0. The summed E-state index contributed by atoms with van der Waals surface area (Å²) in [6.45, 7) is 9.23. The lowest BCUT2D eigenvalue weighted by Gasteiger charge is -2.27. The first-order valence-electron chi connectivity index (χ1n) is 9.09. The summed E-state index contributed by atoms with van der Waals surface area (Å²) in [5.41, 5.74) is 4.26. The molecule has 1 saturated heterocycles. The summed E-state index contributed by atoms with van der Waals surface area (Å²) < 4.78 is 11.3. The zero-order chi connectivity index (χ0) is 16.9. The van der Waals surface area contributed by atoms with E-state index in [-0.39, 0.29) is 0 Å². The molecule has 5 heteroatoms. The molecule has 0 spiro atoms. The SMILES string of the molecule is CC(C)c1nc(OCCN2CCOCC2)c(C#N)c2c1CCCC2. The van der Waals surface area contributed by atoms with Gasteiger partial charge in [0, 0.05) is 19.6 Å². The number of pyridine rings is 1. The van der Waals surface area contributed by atoms with Crippen LogP contribution in [0.5, 0.6) is 5.88 Å². The van der Waals surface area contributed by atoms with Gasteiger partial charge in [0.05, 0.1) is 18.9 Å². The maximum atomic E-state index is 9.66. The normalized spacial score (nSPS) is 18.2. The first-order valence-corrected chi connectivity index (χ1v) is 9.09. The molecule has 0 atom stereocenters. The molecule has 0 saturated carbocycles. The smallest absolute Gasteiger partial charge is 0.232 e. The lowest BCUT2D eigenvalue weighted by Crippen LogP contribution is -2.38. The fourth-order valence-electron chi connectivity index (χ4n) is 3.62. The number of nitriles is 1. The highest BCUT2D eigenvalue weighted by molar-refractivity contribution is 5.52. The highest BCUT2D eigenvalue weighted by atomic mass is 16.5. The number of fused-ring (bicyclic) bond motifs is 1. The van der Waals surface area contributed by atoms with Gasteiger partial charge in [-0.3, -0.25) is 4.90 Å². The Balaban J connectivity index is 1.78. The predicted octanol–water partition coefficient (Wildman–Crippen LogP) is 2.67. The van der Waals surface area contributed by atoms with Crippen molar-refractivity contribution >= 4 is 0 Å². The van der Waals surface area contributed by atoms with Crippen LogP contribution in [-0.4, -0.2) is 49.3 Å². The van der Waals surface area contributed by atoms with E-state index in [1.165, 1.54) is 17.5 Å². The van der Waals surface area contributed by atoms with E-state index >= 15 is 0 Å². The summed E-state index contributed by atoms with van der Waals surface area (Å²) in [5.74, 6) is 0.890. The first-order chi connectivity index (χ1) is 11.7. The molecule has 1 aromatic rings. The van der Waals surface area contributed by atoms with E-state index in [4.69, 9.17) is 14.5 Å². The van der Waals surface area contributed by atoms with E-state index in [2.05, 4.69) is 24.8 Å². The van der Waals surface area contributed by atoms with Gasteiger partial charge in [0.15, 0.2) is 0 Å². The third-order valence-electron chi connectivity index (χ3n) is 4.92. The van der Waals surface area contributed by atoms with Gasteiger partial charge in [0.2, 0.25) is 5.88 Å². The summed E-state index contributed by atoms with van der Waals surface area (Å²) >= 11 is 0. The zero-order valence-electron chi connectivity index (χ0n) is 14.8. The molecular weight excluding hydrogens is 302 g/mol. The van der Waals surface area contributed by atoms with Crippen LogP contribution in [0.4, 0.5) is 0 Å². The fourth-order valence-corrected chi connectivity index (χ4v) is 3.62. The molecule has 5 nitrogen and oxygen atoms in total. The van der Waals surface area contributed by atoms with Gasteiger partial charge in [-0.1, -0.05) is 13.8 Å². The van der Waals surface area contributed by atoms with Crippen molar-refractivity contribution in [3.8, 4) is 11.9 Å². The van der Waals surface area contributed by atoms with Crippen molar-refractivity contribution in [2.45, 2.75) is 45.4 Å². The third-order valence-corrected chi connectivity index (χ3v) is 4.92. The summed E-state index contributed by atoms with van der Waals surface area (Å²) in [6, 6.07) is 2.36. The second kappa shape index (κ2) is 7.96. The van der Waals surface area contributed by atoms with Crippen molar-refractivity contribution in [1.82, 2.24) is 9.88 Å². The Morgan fingerprint density at radius 3 is 2.58 bits per heavy atom. The largest absolute Gasteiger partial charge is 0.475 e. The first kappa shape index (κ1) is 17.2. The van der Waals surface area contributed by atoms with E-state index in [1.807, 2.05) is 0 Å². The number of aromatic nitrogens is 1. The molecule has 2 heterocycles. The Bertz CT molecular complexity index is 616. The molecule has 1 fully saturated rings. The highest BCUT2D eigenvalue weighted by Crippen LogP contribution is 2.34. The van der Waals surface area contributed by atoms with Crippen LogP contribution in [-0.2, 0) is 17.6 Å². The molecule has 0 radical (unpaired) electrons. The minimum atomic E-state index is 0.353. The Morgan fingerprint density at radius 2 is 1.92 bits per heavy atom. The van der Waals surface area contributed by atoms with E-state index in [1.54, 1.807) is 0 Å². The van der Waals surface area contributed by atoms with Crippen LogP contribution in [0.15, 0.2) is 0 Å². The molecule has 1 aliphatic carbocycles. The van der Waals surface area contributed by atoms with E-state index in [0.29, 0.717) is 24.0 Å². The molecule has 24 heavy (non-hydrogen) atoms. The van der Waals surface area contributed by atoms with Gasteiger partial charge < -0.3 is 9.47 Å². The van der Waals surface area contributed by atoms with Crippen LogP contribution >= 0.6 is 0 Å². The van der Waals surface area contributed by atoms with Crippen molar-refractivity contribution in [1.29, 1.82) is 5.26 Å². The molecule has 1 aromatic heterocycles. The summed E-state index contributed by atoms with van der Waals surface area (Å²) in [5, 5.41) is 9.66. The average molecular weight is 329 g/mol. The highest BCUT2D eigenvalue weighted by Gasteiger charge is 2.24. The number of nitrogens with zero attached hydrogens (tertiary/aromatic N) is 3. The average Bonchev–Trinajstić information content (AvgIpc) is 2.61. The summed E-state index contributed by atoms with van der Waals surface area (Å²) in [4.78, 5) is 7.08. The van der Waals surface area contributed by atoms with Crippen LogP contribution < -0.4 is 4.74 Å². The van der Waals surface area contributed by atoms with Gasteiger partial charge in [-0.05, 0) is 42.7 Å². The van der Waals surface area contributed by atoms with E-state index < -0.39 is 0 Å². The Labute approximate surface area is 144 Å². The van der Waals surface area contributed by atoms with Crippen molar-refractivity contribution in [2.24, 2.45) is 0 Å². The molecule has 3 rings (SSSR count). The topological polar surface area (TPSA) is 58.4 Å². The van der Waals surface area contributed by atoms with Gasteiger partial charge in [-0.2, -0.15) is 5.26 Å². The van der Waals surface area contributed by atoms with Gasteiger partial charge in [0.25, 0.3) is 0 Å². The quantitative estimate of drug-likeness (QED) is 0.831. The van der Waals surface area contributed by atoms with Gasteiger partial charge in [-0.25, -0.2) is 4.98 Å². The van der Waals surface area contributed by atoms with Crippen molar-refractivity contribution in [2.75, 3.05) is 39.5 Å². The monoisotopic (exact) mass is 329 g/mol. The Hall–Kier alpha value is -1.64. The molecule has 0 N–H and O–H groups in total. The Kier molecular flexibility index (Phi) is 5.70. The van der Waals surface area contributed by atoms with Crippen LogP contribution in [0, 0.1) is 11.3 Å². The van der Waals surface area contributed by atoms with Crippen molar-refractivity contribution in [3.63, 3.8) is 0 Å². The molecule has 130 valence electrons. The van der Waals surface area contributed by atoms with Crippen molar-refractivity contribution in [3.05, 3.63) is 22.4 Å².